The summed E-state index contributed by atoms with van der Waals surface area (Å²) >= 11 is 0. The first-order valence-corrected chi connectivity index (χ1v) is 9.05. The Kier molecular flexibility index (Phi) is 7.82. The van der Waals surface area contributed by atoms with Gasteiger partial charge in [-0.15, -0.1) is 11.0 Å². The van der Waals surface area contributed by atoms with Crippen molar-refractivity contribution >= 4 is 0 Å². The first-order chi connectivity index (χ1) is 10.7. The summed E-state index contributed by atoms with van der Waals surface area (Å²) in [5.74, 6) is 6.59. The molecule has 0 saturated carbocycles. The third-order valence-corrected chi connectivity index (χ3v) is 3.45. The number of nitrogens with zero attached hydrogens (tertiary/aromatic N) is 3. The van der Waals surface area contributed by atoms with Gasteiger partial charge >= 0.3 is 0 Å². The van der Waals surface area contributed by atoms with Gasteiger partial charge in [0.1, 0.15) is 0 Å². The standard InChI is InChI=1S/C20H35N3/c1-19(2,3)14-12-10-8-7-9-11-13-15-23-17-18(21-22-23)16-20(4,5)6/h17H,7-11,13,15-16H2,1-6H3. The minimum absolute atomic E-state index is 0.143. The molecule has 0 radical (unpaired) electrons. The van der Waals surface area contributed by atoms with Crippen LogP contribution in [-0.2, 0) is 13.0 Å². The van der Waals surface area contributed by atoms with E-state index < -0.39 is 0 Å². The Hall–Kier alpha value is -1.30. The lowest BCUT2D eigenvalue weighted by Gasteiger charge is -2.15. The number of hydrogen-bond acceptors (Lipinski definition) is 2. The molecule has 0 aliphatic carbocycles. The maximum Gasteiger partial charge on any atom is 0.0832 e. The second kappa shape index (κ2) is 9.11. The fourth-order valence-corrected chi connectivity index (χ4v) is 2.42. The average molecular weight is 318 g/mol. The van der Waals surface area contributed by atoms with Crippen LogP contribution >= 0.6 is 0 Å². The zero-order valence-corrected chi connectivity index (χ0v) is 16.1. The molecule has 0 spiro atoms. The maximum absolute atomic E-state index is 4.27. The second-order valence-corrected chi connectivity index (χ2v) is 8.78. The van der Waals surface area contributed by atoms with Gasteiger partial charge in [-0.25, -0.2) is 0 Å². The van der Waals surface area contributed by atoms with Crippen LogP contribution in [0.3, 0.4) is 0 Å². The van der Waals surface area contributed by atoms with E-state index in [0.717, 1.165) is 25.1 Å². The fourth-order valence-electron chi connectivity index (χ4n) is 2.42. The molecule has 0 fully saturated rings. The largest absolute Gasteiger partial charge is 0.252 e. The van der Waals surface area contributed by atoms with E-state index in [-0.39, 0.29) is 10.8 Å². The van der Waals surface area contributed by atoms with Crippen LogP contribution in [0.25, 0.3) is 0 Å². The van der Waals surface area contributed by atoms with E-state index in [4.69, 9.17) is 0 Å². The summed E-state index contributed by atoms with van der Waals surface area (Å²) < 4.78 is 2.00. The topological polar surface area (TPSA) is 30.7 Å². The fraction of sp³-hybridized carbons (Fsp3) is 0.800. The summed E-state index contributed by atoms with van der Waals surface area (Å²) in [5.41, 5.74) is 1.52. The monoisotopic (exact) mass is 317 g/mol. The lowest BCUT2D eigenvalue weighted by Crippen LogP contribution is -2.09. The van der Waals surface area contributed by atoms with E-state index in [2.05, 4.69) is 69.9 Å². The summed E-state index contributed by atoms with van der Waals surface area (Å²) in [6, 6.07) is 0. The SMILES string of the molecule is CC(C)(C)C#CCCCCCCCn1cc(CC(C)(C)C)nn1. The highest BCUT2D eigenvalue weighted by Gasteiger charge is 2.13. The molecule has 1 rings (SSSR count). The Morgan fingerprint density at radius 1 is 0.957 bits per heavy atom. The van der Waals surface area contributed by atoms with Gasteiger partial charge in [-0.2, -0.15) is 0 Å². The highest BCUT2D eigenvalue weighted by molar-refractivity contribution is 5.06. The van der Waals surface area contributed by atoms with Crippen molar-refractivity contribution in [3.63, 3.8) is 0 Å². The molecule has 130 valence electrons. The predicted molar refractivity (Wildman–Crippen MR) is 98.1 cm³/mol. The van der Waals surface area contributed by atoms with Crippen molar-refractivity contribution in [1.82, 2.24) is 15.0 Å². The molecule has 23 heavy (non-hydrogen) atoms. The Labute approximate surface area is 143 Å². The van der Waals surface area contributed by atoms with Crippen LogP contribution in [0.1, 0.15) is 85.8 Å². The molecule has 0 aliphatic rings. The van der Waals surface area contributed by atoms with Crippen molar-refractivity contribution in [1.29, 1.82) is 0 Å². The van der Waals surface area contributed by atoms with Crippen molar-refractivity contribution in [2.75, 3.05) is 0 Å². The van der Waals surface area contributed by atoms with Crippen LogP contribution in [-0.4, -0.2) is 15.0 Å². The van der Waals surface area contributed by atoms with Gasteiger partial charge in [0.2, 0.25) is 0 Å². The van der Waals surface area contributed by atoms with Crippen LogP contribution in [0.2, 0.25) is 0 Å². The molecule has 3 nitrogen and oxygen atoms in total. The van der Waals surface area contributed by atoms with Crippen molar-refractivity contribution in [2.24, 2.45) is 10.8 Å². The van der Waals surface area contributed by atoms with Gasteiger partial charge in [-0.1, -0.05) is 51.2 Å². The van der Waals surface area contributed by atoms with Gasteiger partial charge in [0.25, 0.3) is 0 Å². The van der Waals surface area contributed by atoms with Crippen LogP contribution in [0.5, 0.6) is 0 Å². The second-order valence-electron chi connectivity index (χ2n) is 8.78. The molecule has 0 amide bonds. The summed E-state index contributed by atoms with van der Waals surface area (Å²) in [6.45, 7) is 14.2. The van der Waals surface area contributed by atoms with E-state index in [0.29, 0.717) is 0 Å². The van der Waals surface area contributed by atoms with Crippen LogP contribution in [0.15, 0.2) is 6.20 Å². The van der Waals surface area contributed by atoms with Crippen molar-refractivity contribution in [3.05, 3.63) is 11.9 Å². The molecular formula is C20H35N3. The number of unbranched alkanes of at least 4 members (excludes halogenated alkanes) is 5. The summed E-state index contributed by atoms with van der Waals surface area (Å²) in [6.07, 6.45) is 10.4. The Bertz CT molecular complexity index is 503. The smallest absolute Gasteiger partial charge is 0.0832 e. The number of aryl methyl sites for hydroxylation is 1. The summed E-state index contributed by atoms with van der Waals surface area (Å²) in [7, 11) is 0. The predicted octanol–water partition coefficient (Wildman–Crippen LogP) is 5.26. The molecule has 1 aromatic heterocycles. The zero-order valence-electron chi connectivity index (χ0n) is 16.1. The van der Waals surface area contributed by atoms with Gasteiger partial charge in [0.15, 0.2) is 0 Å². The highest BCUT2D eigenvalue weighted by atomic mass is 15.4. The first-order valence-electron chi connectivity index (χ1n) is 9.05. The minimum atomic E-state index is 0.143. The number of hydrogen-bond donors (Lipinski definition) is 0. The van der Waals surface area contributed by atoms with Crippen LogP contribution in [0.4, 0.5) is 0 Å². The normalized spacial score (nSPS) is 12.1. The lowest BCUT2D eigenvalue weighted by molar-refractivity contribution is 0.406. The Balaban J connectivity index is 2.08. The molecule has 0 N–H and O–H groups in total. The maximum atomic E-state index is 4.27. The van der Waals surface area contributed by atoms with E-state index in [1.807, 2.05) is 4.68 Å². The van der Waals surface area contributed by atoms with E-state index in [9.17, 15) is 0 Å². The molecule has 0 bridgehead atoms. The molecule has 1 heterocycles. The Morgan fingerprint density at radius 2 is 1.61 bits per heavy atom. The van der Waals surface area contributed by atoms with Gasteiger partial charge in [-0.3, -0.25) is 4.68 Å². The molecule has 0 aromatic carbocycles. The summed E-state index contributed by atoms with van der Waals surface area (Å²) in [5, 5.41) is 8.50. The van der Waals surface area contributed by atoms with Gasteiger partial charge < -0.3 is 0 Å². The average Bonchev–Trinajstić information content (AvgIpc) is 2.80. The van der Waals surface area contributed by atoms with Gasteiger partial charge in [0.05, 0.1) is 5.69 Å². The van der Waals surface area contributed by atoms with Crippen molar-refractivity contribution in [2.45, 2.75) is 93.0 Å². The molecule has 0 unspecified atom stereocenters. The van der Waals surface area contributed by atoms with E-state index in [1.165, 1.54) is 32.1 Å². The first kappa shape index (κ1) is 19.7. The van der Waals surface area contributed by atoms with Crippen LogP contribution < -0.4 is 0 Å². The van der Waals surface area contributed by atoms with Crippen molar-refractivity contribution < 1.29 is 0 Å². The third-order valence-electron chi connectivity index (χ3n) is 3.45. The molecule has 0 saturated heterocycles. The summed E-state index contributed by atoms with van der Waals surface area (Å²) in [4.78, 5) is 0. The minimum Gasteiger partial charge on any atom is -0.252 e. The third kappa shape index (κ3) is 11.0. The molecule has 1 aromatic rings. The van der Waals surface area contributed by atoms with Gasteiger partial charge in [0, 0.05) is 24.6 Å². The number of rotatable bonds is 8. The zero-order chi connectivity index (χ0) is 17.3. The van der Waals surface area contributed by atoms with Gasteiger partial charge in [-0.05, 0) is 45.4 Å². The quantitative estimate of drug-likeness (QED) is 0.484. The molecule has 3 heteroatoms. The lowest BCUT2D eigenvalue weighted by atomic mass is 9.91. The van der Waals surface area contributed by atoms with Crippen LogP contribution in [0, 0.1) is 22.7 Å². The molecule has 0 atom stereocenters. The van der Waals surface area contributed by atoms with E-state index >= 15 is 0 Å². The highest BCUT2D eigenvalue weighted by Crippen LogP contribution is 2.18. The molecule has 0 aliphatic heterocycles. The molecular weight excluding hydrogens is 282 g/mol. The van der Waals surface area contributed by atoms with Crippen molar-refractivity contribution in [3.8, 4) is 11.8 Å². The number of aromatic nitrogens is 3. The Morgan fingerprint density at radius 3 is 2.26 bits per heavy atom. The van der Waals surface area contributed by atoms with E-state index in [1.54, 1.807) is 0 Å².